The fourth-order valence-corrected chi connectivity index (χ4v) is 3.34. The van der Waals surface area contributed by atoms with Crippen LogP contribution in [-0.2, 0) is 4.79 Å². The second-order valence-electron chi connectivity index (χ2n) is 6.66. The number of alkyl halides is 9. The molecule has 0 saturated heterocycles. The number of amides is 1. The Balaban J connectivity index is 1.78. The molecule has 0 bridgehead atoms. The van der Waals surface area contributed by atoms with E-state index in [1.165, 1.54) is 10.7 Å². The lowest BCUT2D eigenvalue weighted by Gasteiger charge is -2.32. The summed E-state index contributed by atoms with van der Waals surface area (Å²) in [6.45, 7) is 0. The van der Waals surface area contributed by atoms with Crippen LogP contribution in [0.25, 0.3) is 22.4 Å². The highest BCUT2D eigenvalue weighted by Gasteiger charge is 2.83. The number of nitrogens with zero attached hydrogens (tertiary/aromatic N) is 1. The highest BCUT2D eigenvalue weighted by molar-refractivity contribution is 7.14. The summed E-state index contributed by atoms with van der Waals surface area (Å²) in [5, 5.41) is 1.72. The van der Waals surface area contributed by atoms with Crippen molar-refractivity contribution in [2.45, 2.75) is 23.9 Å². The Labute approximate surface area is 183 Å². The first-order valence-electron chi connectivity index (χ1n) is 8.81. The zero-order chi connectivity index (χ0) is 24.7. The predicted octanol–water partition coefficient (Wildman–Crippen LogP) is 6.88. The minimum Gasteiger partial charge on any atom is -0.296 e. The maximum absolute atomic E-state index is 13.7. The molecular formula is C20H11F9N2OS. The van der Waals surface area contributed by atoms with Gasteiger partial charge in [-0.15, -0.1) is 11.3 Å². The van der Waals surface area contributed by atoms with E-state index in [4.69, 9.17) is 0 Å². The summed E-state index contributed by atoms with van der Waals surface area (Å²) >= 11 is 0.482. The van der Waals surface area contributed by atoms with E-state index in [1.54, 1.807) is 24.3 Å². The number of halogens is 9. The van der Waals surface area contributed by atoms with Crippen molar-refractivity contribution < 1.29 is 44.3 Å². The molecule has 0 aliphatic heterocycles. The van der Waals surface area contributed by atoms with E-state index in [9.17, 15) is 44.3 Å². The van der Waals surface area contributed by atoms with Crippen LogP contribution in [0.5, 0.6) is 0 Å². The van der Waals surface area contributed by atoms with E-state index >= 15 is 0 Å². The molecule has 3 nitrogen and oxygen atoms in total. The van der Waals surface area contributed by atoms with Gasteiger partial charge in [0.25, 0.3) is 0 Å². The Hall–Kier alpha value is -3.09. The fraction of sp³-hybridized carbons (Fsp3) is 0.200. The van der Waals surface area contributed by atoms with Crippen LogP contribution < -0.4 is 5.32 Å². The molecule has 2 aromatic carbocycles. The predicted molar refractivity (Wildman–Crippen MR) is 103 cm³/mol. The van der Waals surface area contributed by atoms with Crippen molar-refractivity contribution in [3.8, 4) is 22.4 Å². The number of hydrogen-bond donors (Lipinski definition) is 1. The van der Waals surface area contributed by atoms with Gasteiger partial charge >= 0.3 is 29.9 Å². The first kappa shape index (κ1) is 24.6. The molecule has 1 amide bonds. The van der Waals surface area contributed by atoms with Crippen LogP contribution in [0.4, 0.5) is 44.6 Å². The van der Waals surface area contributed by atoms with Crippen LogP contribution in [0.2, 0.25) is 0 Å². The zero-order valence-corrected chi connectivity index (χ0v) is 16.8. The van der Waals surface area contributed by atoms with E-state index in [0.29, 0.717) is 16.9 Å². The number of hydrogen-bond acceptors (Lipinski definition) is 3. The van der Waals surface area contributed by atoms with Crippen molar-refractivity contribution in [1.82, 2.24) is 4.98 Å². The van der Waals surface area contributed by atoms with Gasteiger partial charge in [0.1, 0.15) is 0 Å². The molecule has 0 atom stereocenters. The number of anilines is 1. The Bertz CT molecular complexity index is 1130. The molecule has 0 spiro atoms. The average Bonchev–Trinajstić information content (AvgIpc) is 3.22. The average molecular weight is 498 g/mol. The molecule has 1 N–H and O–H groups in total. The van der Waals surface area contributed by atoms with Gasteiger partial charge in [-0.2, -0.15) is 39.5 Å². The number of aromatic nitrogens is 1. The van der Waals surface area contributed by atoms with Gasteiger partial charge in [-0.1, -0.05) is 54.6 Å². The topological polar surface area (TPSA) is 42.0 Å². The quantitative estimate of drug-likeness (QED) is 0.377. The SMILES string of the molecule is O=C(Nc1nc(-c2ccc(-c3ccccc3)cc2)cs1)C(F)(F)C(F)(F)C(F)(F)C(F)(F)F. The molecule has 0 aliphatic carbocycles. The molecule has 176 valence electrons. The van der Waals surface area contributed by atoms with E-state index < -0.39 is 35.0 Å². The van der Waals surface area contributed by atoms with E-state index in [-0.39, 0.29) is 5.69 Å². The van der Waals surface area contributed by atoms with Gasteiger partial charge in [0.2, 0.25) is 0 Å². The van der Waals surface area contributed by atoms with Crippen molar-refractivity contribution in [2.75, 3.05) is 5.32 Å². The maximum atomic E-state index is 13.7. The fourth-order valence-electron chi connectivity index (χ4n) is 2.62. The number of thiazole rings is 1. The van der Waals surface area contributed by atoms with Gasteiger partial charge in [-0.05, 0) is 11.1 Å². The summed E-state index contributed by atoms with van der Waals surface area (Å²) in [7, 11) is 0. The standard InChI is InChI=1S/C20H11F9N2OS/c21-17(22,18(23,24)19(25,26)20(27,28)29)15(32)31-16-30-14(10-33-16)13-8-6-12(7-9-13)11-4-2-1-3-5-11/h1-10H,(H,30,31,32). The monoisotopic (exact) mass is 498 g/mol. The van der Waals surface area contributed by atoms with Crippen molar-refractivity contribution in [1.29, 1.82) is 0 Å². The van der Waals surface area contributed by atoms with Gasteiger partial charge in [-0.3, -0.25) is 10.1 Å². The first-order valence-corrected chi connectivity index (χ1v) is 9.69. The number of nitrogens with one attached hydrogen (secondary N) is 1. The summed E-state index contributed by atoms with van der Waals surface area (Å²) < 4.78 is 116. The van der Waals surface area contributed by atoms with E-state index in [2.05, 4.69) is 4.98 Å². The molecule has 3 aromatic rings. The molecule has 1 heterocycles. The molecular weight excluding hydrogens is 487 g/mol. The second-order valence-corrected chi connectivity index (χ2v) is 7.51. The highest BCUT2D eigenvalue weighted by atomic mass is 32.1. The number of carbonyl (C=O) groups excluding carboxylic acids is 1. The van der Waals surface area contributed by atoms with Gasteiger partial charge in [0, 0.05) is 10.9 Å². The third kappa shape index (κ3) is 4.41. The molecule has 0 unspecified atom stereocenters. The molecule has 33 heavy (non-hydrogen) atoms. The van der Waals surface area contributed by atoms with Crippen molar-refractivity contribution in [3.05, 3.63) is 60.0 Å². The Morgan fingerprint density at radius 1 is 0.727 bits per heavy atom. The van der Waals surface area contributed by atoms with Crippen LogP contribution >= 0.6 is 11.3 Å². The van der Waals surface area contributed by atoms with Crippen LogP contribution in [-0.4, -0.2) is 34.8 Å². The smallest absolute Gasteiger partial charge is 0.296 e. The molecule has 1 aromatic heterocycles. The Kier molecular flexibility index (Phi) is 6.22. The maximum Gasteiger partial charge on any atom is 0.460 e. The summed E-state index contributed by atoms with van der Waals surface area (Å²) in [4.78, 5) is 15.3. The minimum absolute atomic E-state index is 0.116. The normalized spacial score (nSPS) is 13.1. The molecule has 3 rings (SSSR count). The molecule has 0 aliphatic rings. The first-order chi connectivity index (χ1) is 15.2. The van der Waals surface area contributed by atoms with Crippen LogP contribution in [0.1, 0.15) is 0 Å². The van der Waals surface area contributed by atoms with Crippen molar-refractivity contribution in [2.24, 2.45) is 0 Å². The van der Waals surface area contributed by atoms with Gasteiger partial charge in [-0.25, -0.2) is 4.98 Å². The molecule has 0 saturated carbocycles. The number of carbonyl (C=O) groups is 1. The van der Waals surface area contributed by atoms with Gasteiger partial charge < -0.3 is 0 Å². The lowest BCUT2D eigenvalue weighted by molar-refractivity contribution is -0.388. The Morgan fingerprint density at radius 2 is 1.24 bits per heavy atom. The largest absolute Gasteiger partial charge is 0.460 e. The van der Waals surface area contributed by atoms with Crippen LogP contribution in [0, 0.1) is 0 Å². The van der Waals surface area contributed by atoms with E-state index in [0.717, 1.165) is 11.1 Å². The van der Waals surface area contributed by atoms with Crippen LogP contribution in [0.3, 0.4) is 0 Å². The minimum atomic E-state index is -7.16. The number of benzene rings is 2. The van der Waals surface area contributed by atoms with Crippen molar-refractivity contribution in [3.63, 3.8) is 0 Å². The third-order valence-corrected chi connectivity index (χ3v) is 5.20. The summed E-state index contributed by atoms with van der Waals surface area (Å²) in [6.07, 6.45) is -7.01. The Morgan fingerprint density at radius 3 is 1.79 bits per heavy atom. The lowest BCUT2D eigenvalue weighted by atomic mass is 10.0. The lowest BCUT2D eigenvalue weighted by Crippen LogP contribution is -2.64. The molecule has 0 fully saturated rings. The van der Waals surface area contributed by atoms with Gasteiger partial charge in [0.05, 0.1) is 5.69 Å². The van der Waals surface area contributed by atoms with Crippen LogP contribution in [0.15, 0.2) is 60.0 Å². The molecule has 13 heteroatoms. The third-order valence-electron chi connectivity index (χ3n) is 4.44. The van der Waals surface area contributed by atoms with Crippen molar-refractivity contribution >= 4 is 22.4 Å². The summed E-state index contributed by atoms with van der Waals surface area (Å²) in [6, 6.07) is 15.8. The molecule has 0 radical (unpaired) electrons. The second kappa shape index (κ2) is 8.36. The highest BCUT2D eigenvalue weighted by Crippen LogP contribution is 2.53. The van der Waals surface area contributed by atoms with Gasteiger partial charge in [0.15, 0.2) is 5.13 Å². The summed E-state index contributed by atoms with van der Waals surface area (Å²) in [5.41, 5.74) is 2.28. The summed E-state index contributed by atoms with van der Waals surface area (Å²) in [5.74, 6) is -23.7. The number of rotatable bonds is 6. The zero-order valence-electron chi connectivity index (χ0n) is 15.9. The van der Waals surface area contributed by atoms with E-state index in [1.807, 2.05) is 30.3 Å².